The Bertz CT molecular complexity index is 802. The van der Waals surface area contributed by atoms with Crippen molar-refractivity contribution in [1.29, 1.82) is 0 Å². The molecule has 2 aromatic carbocycles. The minimum Gasteiger partial charge on any atom is -0.486 e. The van der Waals surface area contributed by atoms with E-state index in [-0.39, 0.29) is 11.9 Å². The lowest BCUT2D eigenvalue weighted by molar-refractivity contribution is -0.139. The van der Waals surface area contributed by atoms with Crippen LogP contribution in [0.2, 0.25) is 0 Å². The first-order valence-electron chi connectivity index (χ1n) is 8.18. The average Bonchev–Trinajstić information content (AvgIpc) is 2.66. The lowest BCUT2D eigenvalue weighted by atomic mass is 10.1. The minimum absolute atomic E-state index is 0.253. The summed E-state index contributed by atoms with van der Waals surface area (Å²) >= 11 is 0. The molecule has 1 atom stereocenters. The van der Waals surface area contributed by atoms with Crippen LogP contribution in [0.3, 0.4) is 0 Å². The number of rotatable bonds is 6. The van der Waals surface area contributed by atoms with Gasteiger partial charge in [-0.25, -0.2) is 4.79 Å². The number of carbonyl (C=O) groups is 2. The Morgan fingerprint density at radius 1 is 1.15 bits per heavy atom. The fourth-order valence-electron chi connectivity index (χ4n) is 2.61. The summed E-state index contributed by atoms with van der Waals surface area (Å²) < 4.78 is 16.2. The zero-order valence-electron chi connectivity index (χ0n) is 14.2. The summed E-state index contributed by atoms with van der Waals surface area (Å²) in [5.41, 5.74) is 1.29. The van der Waals surface area contributed by atoms with Crippen molar-refractivity contribution in [2.75, 3.05) is 19.8 Å². The van der Waals surface area contributed by atoms with Gasteiger partial charge >= 0.3 is 5.97 Å². The van der Waals surface area contributed by atoms with Gasteiger partial charge in [0, 0.05) is 0 Å². The van der Waals surface area contributed by atoms with E-state index in [2.05, 4.69) is 5.32 Å². The molecule has 1 unspecified atom stereocenters. The van der Waals surface area contributed by atoms with Gasteiger partial charge in [-0.3, -0.25) is 4.79 Å². The number of amides is 1. The standard InChI is InChI=1S/C19H19NO6/c1-12(13-5-7-14(8-6-13)26-11-17(21)22)20-19(23)15-3-2-4-16-18(15)25-10-9-24-16/h2-8,12H,9-11H2,1H3,(H,20,23)(H,21,22). The van der Waals surface area contributed by atoms with Gasteiger partial charge in [0.05, 0.1) is 11.6 Å². The maximum atomic E-state index is 12.6. The molecule has 0 bridgehead atoms. The Labute approximate surface area is 150 Å². The Hall–Kier alpha value is -3.22. The van der Waals surface area contributed by atoms with Crippen molar-refractivity contribution in [3.63, 3.8) is 0 Å². The summed E-state index contributed by atoms with van der Waals surface area (Å²) in [4.78, 5) is 23.1. The van der Waals surface area contributed by atoms with E-state index in [4.69, 9.17) is 19.3 Å². The molecule has 0 spiro atoms. The number of carbonyl (C=O) groups excluding carboxylic acids is 1. The second kappa shape index (κ2) is 7.77. The van der Waals surface area contributed by atoms with Gasteiger partial charge in [-0.15, -0.1) is 0 Å². The predicted octanol–water partition coefficient (Wildman–Crippen LogP) is 2.41. The number of ether oxygens (including phenoxy) is 3. The number of hydrogen-bond donors (Lipinski definition) is 2. The zero-order chi connectivity index (χ0) is 18.5. The molecule has 1 aliphatic rings. The quantitative estimate of drug-likeness (QED) is 0.825. The maximum Gasteiger partial charge on any atom is 0.341 e. The van der Waals surface area contributed by atoms with Crippen LogP contribution in [0.5, 0.6) is 17.2 Å². The van der Waals surface area contributed by atoms with Gasteiger partial charge in [-0.2, -0.15) is 0 Å². The Balaban J connectivity index is 1.67. The summed E-state index contributed by atoms with van der Waals surface area (Å²) in [6.07, 6.45) is 0. The third kappa shape index (κ3) is 4.05. The number of benzene rings is 2. The highest BCUT2D eigenvalue weighted by atomic mass is 16.6. The first kappa shape index (κ1) is 17.6. The molecule has 1 amide bonds. The van der Waals surface area contributed by atoms with Crippen molar-refractivity contribution >= 4 is 11.9 Å². The fraction of sp³-hybridized carbons (Fsp3) is 0.263. The molecule has 0 aliphatic carbocycles. The molecule has 0 saturated carbocycles. The fourth-order valence-corrected chi connectivity index (χ4v) is 2.61. The van der Waals surface area contributed by atoms with Crippen LogP contribution in [0.15, 0.2) is 42.5 Å². The van der Waals surface area contributed by atoms with Gasteiger partial charge in [-0.1, -0.05) is 18.2 Å². The molecular weight excluding hydrogens is 338 g/mol. The van der Waals surface area contributed by atoms with Crippen LogP contribution < -0.4 is 19.5 Å². The molecule has 7 nitrogen and oxygen atoms in total. The molecule has 0 fully saturated rings. The topological polar surface area (TPSA) is 94.1 Å². The lowest BCUT2D eigenvalue weighted by Crippen LogP contribution is -2.28. The van der Waals surface area contributed by atoms with E-state index < -0.39 is 12.6 Å². The minimum atomic E-state index is -1.04. The zero-order valence-corrected chi connectivity index (χ0v) is 14.2. The van der Waals surface area contributed by atoms with Crippen molar-refractivity contribution in [1.82, 2.24) is 5.32 Å². The molecule has 0 radical (unpaired) electrons. The SMILES string of the molecule is CC(NC(=O)c1cccc2c1OCCO2)c1ccc(OCC(=O)O)cc1. The highest BCUT2D eigenvalue weighted by Gasteiger charge is 2.21. The maximum absolute atomic E-state index is 12.6. The number of hydrogen-bond acceptors (Lipinski definition) is 5. The van der Waals surface area contributed by atoms with E-state index in [1.807, 2.05) is 6.92 Å². The predicted molar refractivity (Wildman–Crippen MR) is 92.9 cm³/mol. The van der Waals surface area contributed by atoms with Crippen LogP contribution >= 0.6 is 0 Å². The molecule has 0 saturated heterocycles. The van der Waals surface area contributed by atoms with Crippen molar-refractivity contribution in [3.05, 3.63) is 53.6 Å². The Morgan fingerprint density at radius 3 is 2.62 bits per heavy atom. The van der Waals surface area contributed by atoms with E-state index in [9.17, 15) is 9.59 Å². The summed E-state index contributed by atoms with van der Waals surface area (Å²) in [7, 11) is 0. The van der Waals surface area contributed by atoms with Crippen molar-refractivity contribution in [3.8, 4) is 17.2 Å². The average molecular weight is 357 g/mol. The summed E-state index contributed by atoms with van der Waals surface area (Å²) in [5.74, 6) is 0.188. The van der Waals surface area contributed by atoms with E-state index >= 15 is 0 Å². The van der Waals surface area contributed by atoms with E-state index in [1.165, 1.54) is 0 Å². The molecule has 2 N–H and O–H groups in total. The molecule has 1 aliphatic heterocycles. The van der Waals surface area contributed by atoms with Crippen LogP contribution in [-0.2, 0) is 4.79 Å². The molecular formula is C19H19NO6. The van der Waals surface area contributed by atoms with Gasteiger partial charge in [0.2, 0.25) is 0 Å². The van der Waals surface area contributed by atoms with Crippen LogP contribution in [0.4, 0.5) is 0 Å². The second-order valence-corrected chi connectivity index (χ2v) is 5.78. The molecule has 26 heavy (non-hydrogen) atoms. The summed E-state index contributed by atoms with van der Waals surface area (Å²) in [5, 5.41) is 11.5. The number of para-hydroxylation sites is 1. The highest BCUT2D eigenvalue weighted by molar-refractivity contribution is 5.98. The van der Waals surface area contributed by atoms with Crippen LogP contribution in [0, 0.1) is 0 Å². The lowest BCUT2D eigenvalue weighted by Gasteiger charge is -2.21. The third-order valence-electron chi connectivity index (χ3n) is 3.90. The van der Waals surface area contributed by atoms with Crippen LogP contribution in [0.25, 0.3) is 0 Å². The van der Waals surface area contributed by atoms with Crippen LogP contribution in [-0.4, -0.2) is 36.8 Å². The van der Waals surface area contributed by atoms with Crippen LogP contribution in [0.1, 0.15) is 28.9 Å². The summed E-state index contributed by atoms with van der Waals surface area (Å²) in [6.45, 7) is 2.33. The van der Waals surface area contributed by atoms with Gasteiger partial charge in [-0.05, 0) is 36.8 Å². The Morgan fingerprint density at radius 2 is 1.88 bits per heavy atom. The van der Waals surface area contributed by atoms with Crippen molar-refractivity contribution in [2.45, 2.75) is 13.0 Å². The first-order valence-corrected chi connectivity index (χ1v) is 8.18. The van der Waals surface area contributed by atoms with Gasteiger partial charge in [0.25, 0.3) is 5.91 Å². The molecule has 1 heterocycles. The number of nitrogens with one attached hydrogen (secondary N) is 1. The molecule has 7 heteroatoms. The van der Waals surface area contributed by atoms with E-state index in [0.717, 1.165) is 5.56 Å². The molecule has 3 rings (SSSR count). The second-order valence-electron chi connectivity index (χ2n) is 5.78. The van der Waals surface area contributed by atoms with E-state index in [1.54, 1.807) is 42.5 Å². The normalized spacial score (nSPS) is 13.6. The highest BCUT2D eigenvalue weighted by Crippen LogP contribution is 2.33. The number of carboxylic acid groups (broad SMARTS) is 1. The summed E-state index contributed by atoms with van der Waals surface area (Å²) in [6, 6.07) is 11.9. The van der Waals surface area contributed by atoms with E-state index in [0.29, 0.717) is 36.0 Å². The monoisotopic (exact) mass is 357 g/mol. The van der Waals surface area contributed by atoms with Crippen molar-refractivity contribution < 1.29 is 28.9 Å². The van der Waals surface area contributed by atoms with Gasteiger partial charge < -0.3 is 24.6 Å². The molecule has 2 aromatic rings. The Kier molecular flexibility index (Phi) is 5.26. The smallest absolute Gasteiger partial charge is 0.341 e. The molecule has 136 valence electrons. The molecule has 0 aromatic heterocycles. The van der Waals surface area contributed by atoms with Gasteiger partial charge in [0.15, 0.2) is 18.1 Å². The van der Waals surface area contributed by atoms with Gasteiger partial charge in [0.1, 0.15) is 19.0 Å². The largest absolute Gasteiger partial charge is 0.486 e. The number of aliphatic carboxylic acids is 1. The first-order chi connectivity index (χ1) is 12.5. The number of fused-ring (bicyclic) bond motifs is 1. The van der Waals surface area contributed by atoms with Crippen molar-refractivity contribution in [2.24, 2.45) is 0 Å². The third-order valence-corrected chi connectivity index (χ3v) is 3.90. The number of carboxylic acids is 1.